The van der Waals surface area contributed by atoms with E-state index in [4.69, 9.17) is 0 Å². The average Bonchev–Trinajstić information content (AvgIpc) is 3.09. The molecule has 0 aliphatic carbocycles. The van der Waals surface area contributed by atoms with Crippen molar-refractivity contribution in [2.45, 2.75) is 6.54 Å². The van der Waals surface area contributed by atoms with Gasteiger partial charge >= 0.3 is 11.4 Å². The molecule has 3 heterocycles. The molecular weight excluding hydrogens is 362 g/mol. The van der Waals surface area contributed by atoms with Crippen LogP contribution in [0.1, 0.15) is 15.2 Å². The maximum atomic E-state index is 12.5. The van der Waals surface area contributed by atoms with Crippen LogP contribution in [0.25, 0.3) is 0 Å². The van der Waals surface area contributed by atoms with Gasteiger partial charge in [0.2, 0.25) is 0 Å². The summed E-state index contributed by atoms with van der Waals surface area (Å²) in [5.74, 6) is -0.939. The van der Waals surface area contributed by atoms with Crippen molar-refractivity contribution in [1.82, 2.24) is 19.1 Å². The summed E-state index contributed by atoms with van der Waals surface area (Å²) < 4.78 is 1.91. The highest BCUT2D eigenvalue weighted by Crippen LogP contribution is 2.08. The molecule has 0 atom stereocenters. The lowest BCUT2D eigenvalue weighted by Gasteiger charge is -2.09. The van der Waals surface area contributed by atoms with Gasteiger partial charge in [-0.15, -0.1) is 11.3 Å². The van der Waals surface area contributed by atoms with E-state index in [2.05, 4.69) is 10.3 Å². The lowest BCUT2D eigenvalue weighted by Crippen LogP contribution is -2.40. The van der Waals surface area contributed by atoms with Crippen LogP contribution in [0.5, 0.6) is 0 Å². The first kappa shape index (κ1) is 17.4. The van der Waals surface area contributed by atoms with Gasteiger partial charge in [-0.2, -0.15) is 0 Å². The molecule has 1 amide bonds. The summed E-state index contributed by atoms with van der Waals surface area (Å²) in [4.78, 5) is 65.0. The molecule has 10 nitrogen and oxygen atoms in total. The van der Waals surface area contributed by atoms with Gasteiger partial charge in [-0.05, 0) is 11.4 Å². The number of hydrogen-bond acceptors (Lipinski definition) is 6. The van der Waals surface area contributed by atoms with Crippen molar-refractivity contribution in [3.8, 4) is 0 Å². The largest absolute Gasteiger partial charge is 0.329 e. The fourth-order valence-corrected chi connectivity index (χ4v) is 2.93. The second-order valence-electron chi connectivity index (χ2n) is 5.32. The Morgan fingerprint density at radius 2 is 2.00 bits per heavy atom. The van der Waals surface area contributed by atoms with Gasteiger partial charge in [-0.3, -0.25) is 28.5 Å². The van der Waals surface area contributed by atoms with Gasteiger partial charge in [0, 0.05) is 24.2 Å². The summed E-state index contributed by atoms with van der Waals surface area (Å²) in [7, 11) is 1.34. The quantitative estimate of drug-likeness (QED) is 0.553. The molecule has 0 radical (unpaired) electrons. The number of hydrogen-bond donors (Lipinski definition) is 3. The summed E-state index contributed by atoms with van der Waals surface area (Å²) in [6.07, 6.45) is 0.996. The van der Waals surface area contributed by atoms with Gasteiger partial charge in [0.15, 0.2) is 0 Å². The Kier molecular flexibility index (Phi) is 4.54. The molecule has 0 aliphatic heterocycles. The van der Waals surface area contributed by atoms with E-state index in [1.165, 1.54) is 18.4 Å². The van der Waals surface area contributed by atoms with E-state index >= 15 is 0 Å². The lowest BCUT2D eigenvalue weighted by atomic mass is 10.3. The number of aromatic amines is 2. The number of rotatable bonds is 4. The molecule has 0 saturated heterocycles. The standard InChI is InChI=1S/C15H13N5O5S/c1-19-10(5-11(21)18-15(19)25)17-12(22)9-6-16-14(24)20(13(9)23)7-8-3-2-4-26-8/h2-6H,7H2,1H3,(H,16,24)(H,17,22)(H,18,21,25). The van der Waals surface area contributed by atoms with E-state index in [-0.39, 0.29) is 17.9 Å². The number of carbonyl (C=O) groups excluding carboxylic acids is 1. The second-order valence-corrected chi connectivity index (χ2v) is 6.35. The number of carbonyl (C=O) groups is 1. The van der Waals surface area contributed by atoms with Gasteiger partial charge in [-0.25, -0.2) is 9.59 Å². The SMILES string of the molecule is Cn1c(NC(=O)c2c[nH]c(=O)n(Cc3cccs3)c2=O)cc(=O)[nH]c1=O. The van der Waals surface area contributed by atoms with Crippen molar-refractivity contribution in [1.29, 1.82) is 0 Å². The van der Waals surface area contributed by atoms with Crippen LogP contribution < -0.4 is 27.8 Å². The van der Waals surface area contributed by atoms with E-state index < -0.39 is 28.4 Å². The van der Waals surface area contributed by atoms with Gasteiger partial charge in [0.25, 0.3) is 17.0 Å². The van der Waals surface area contributed by atoms with Crippen LogP contribution in [-0.4, -0.2) is 25.0 Å². The van der Waals surface area contributed by atoms with Crippen molar-refractivity contribution in [3.05, 3.63) is 81.9 Å². The van der Waals surface area contributed by atoms with Crippen molar-refractivity contribution >= 4 is 23.1 Å². The van der Waals surface area contributed by atoms with E-state index in [0.717, 1.165) is 26.3 Å². The summed E-state index contributed by atoms with van der Waals surface area (Å²) in [6, 6.07) is 4.55. The van der Waals surface area contributed by atoms with Crippen molar-refractivity contribution in [2.75, 3.05) is 5.32 Å². The number of anilines is 1. The second kappa shape index (κ2) is 6.80. The molecule has 26 heavy (non-hydrogen) atoms. The monoisotopic (exact) mass is 375 g/mol. The molecule has 0 spiro atoms. The zero-order valence-corrected chi connectivity index (χ0v) is 14.3. The first-order chi connectivity index (χ1) is 12.4. The molecule has 0 fully saturated rings. The van der Waals surface area contributed by atoms with E-state index in [9.17, 15) is 24.0 Å². The molecule has 11 heteroatoms. The molecule has 134 valence electrons. The van der Waals surface area contributed by atoms with Crippen LogP contribution >= 0.6 is 11.3 Å². The number of aromatic nitrogens is 4. The number of nitrogens with one attached hydrogen (secondary N) is 3. The molecular formula is C15H13N5O5S. The highest BCUT2D eigenvalue weighted by Gasteiger charge is 2.17. The summed E-state index contributed by atoms with van der Waals surface area (Å²) in [5.41, 5.74) is -3.17. The van der Waals surface area contributed by atoms with Gasteiger partial charge in [-0.1, -0.05) is 6.07 Å². The molecule has 3 aromatic heterocycles. The third kappa shape index (κ3) is 3.32. The Morgan fingerprint density at radius 1 is 1.23 bits per heavy atom. The summed E-state index contributed by atoms with van der Waals surface area (Å²) in [5, 5.41) is 4.13. The third-order valence-corrected chi connectivity index (χ3v) is 4.47. The number of H-pyrrole nitrogens is 2. The Bertz CT molecular complexity index is 1200. The first-order valence-electron chi connectivity index (χ1n) is 7.33. The molecule has 0 saturated carbocycles. The molecule has 3 aromatic rings. The Balaban J connectivity index is 1.98. The average molecular weight is 375 g/mol. The molecule has 3 N–H and O–H groups in total. The van der Waals surface area contributed by atoms with Crippen LogP contribution in [0.2, 0.25) is 0 Å². The van der Waals surface area contributed by atoms with Gasteiger partial charge in [0.1, 0.15) is 11.4 Å². The normalized spacial score (nSPS) is 10.7. The third-order valence-electron chi connectivity index (χ3n) is 3.60. The molecule has 0 aromatic carbocycles. The van der Waals surface area contributed by atoms with Gasteiger partial charge in [0.05, 0.1) is 6.54 Å². The lowest BCUT2D eigenvalue weighted by molar-refractivity contribution is 0.102. The first-order valence-corrected chi connectivity index (χ1v) is 8.21. The number of thiophene rings is 1. The number of amides is 1. The minimum atomic E-state index is -0.855. The van der Waals surface area contributed by atoms with Crippen molar-refractivity contribution in [2.24, 2.45) is 7.05 Å². The van der Waals surface area contributed by atoms with Crippen molar-refractivity contribution < 1.29 is 4.79 Å². The topological polar surface area (TPSA) is 139 Å². The van der Waals surface area contributed by atoms with Crippen molar-refractivity contribution in [3.63, 3.8) is 0 Å². The Hall–Kier alpha value is -3.47. The maximum absolute atomic E-state index is 12.5. The minimum Gasteiger partial charge on any atom is -0.313 e. The highest BCUT2D eigenvalue weighted by molar-refractivity contribution is 7.09. The fraction of sp³-hybridized carbons (Fsp3) is 0.133. The van der Waals surface area contributed by atoms with Gasteiger partial charge < -0.3 is 10.3 Å². The maximum Gasteiger partial charge on any atom is 0.329 e. The van der Waals surface area contributed by atoms with Crippen LogP contribution in [0.3, 0.4) is 0 Å². The van der Waals surface area contributed by atoms with Crippen LogP contribution in [0, 0.1) is 0 Å². The molecule has 0 aliphatic rings. The smallest absolute Gasteiger partial charge is 0.313 e. The predicted molar refractivity (Wildman–Crippen MR) is 95.0 cm³/mol. The molecule has 3 rings (SSSR count). The fourth-order valence-electron chi connectivity index (χ4n) is 2.24. The Morgan fingerprint density at radius 3 is 2.69 bits per heavy atom. The van der Waals surface area contributed by atoms with E-state index in [1.807, 2.05) is 4.98 Å². The minimum absolute atomic E-state index is 0.0243. The number of nitrogens with zero attached hydrogens (tertiary/aromatic N) is 2. The molecule has 0 bridgehead atoms. The zero-order valence-electron chi connectivity index (χ0n) is 13.4. The Labute approximate surface area is 148 Å². The van der Waals surface area contributed by atoms with E-state index in [1.54, 1.807) is 17.5 Å². The molecule has 0 unspecified atom stereocenters. The van der Waals surface area contributed by atoms with Crippen LogP contribution in [0.4, 0.5) is 5.82 Å². The summed E-state index contributed by atoms with van der Waals surface area (Å²) >= 11 is 1.37. The van der Waals surface area contributed by atoms with Crippen LogP contribution in [0.15, 0.2) is 49.0 Å². The summed E-state index contributed by atoms with van der Waals surface area (Å²) in [6.45, 7) is 0.0243. The zero-order chi connectivity index (χ0) is 18.8. The van der Waals surface area contributed by atoms with Crippen LogP contribution in [-0.2, 0) is 13.6 Å². The van der Waals surface area contributed by atoms with E-state index in [0.29, 0.717) is 0 Å². The highest BCUT2D eigenvalue weighted by atomic mass is 32.1. The predicted octanol–water partition coefficient (Wildman–Crippen LogP) is -0.714.